The van der Waals surface area contributed by atoms with Crippen LogP contribution in [0, 0.1) is 0 Å². The van der Waals surface area contributed by atoms with Gasteiger partial charge in [-0.2, -0.15) is 0 Å². The fourth-order valence-corrected chi connectivity index (χ4v) is 1.27. The summed E-state index contributed by atoms with van der Waals surface area (Å²) in [5.74, 6) is -4.27. The predicted molar refractivity (Wildman–Crippen MR) is 48.7 cm³/mol. The van der Waals surface area contributed by atoms with Crippen molar-refractivity contribution in [2.24, 2.45) is 0 Å². The van der Waals surface area contributed by atoms with Gasteiger partial charge in [-0.3, -0.25) is 14.2 Å². The average Bonchev–Trinajstić information content (AvgIpc) is 1.97. The van der Waals surface area contributed by atoms with Gasteiger partial charge in [-0.1, -0.05) is 0 Å². The molecule has 0 radical (unpaired) electrons. The number of carbonyl (C=O) groups excluding carboxylic acids is 1. The Morgan fingerprint density at radius 2 is 1.56 bits per heavy atom. The molecule has 0 heterocycles. The van der Waals surface area contributed by atoms with E-state index in [0.29, 0.717) is 0 Å². The van der Waals surface area contributed by atoms with Crippen molar-refractivity contribution in [2.75, 3.05) is 6.16 Å². The molecular formula is C6H10NNa2O8P+2. The molecule has 1 atom stereocenters. The maximum Gasteiger partial charge on any atom is 1.00 e. The number of nitrogens with one attached hydrogen (secondary N) is 1. The molecule has 0 bridgehead atoms. The van der Waals surface area contributed by atoms with Crippen LogP contribution in [-0.2, 0) is 18.9 Å². The summed E-state index contributed by atoms with van der Waals surface area (Å²) < 4.78 is 10.4. The standard InChI is InChI=1S/C6H10NO8P.2Na/c8-4(2-16(13,14)15)7-3(6(11)12)1-5(9)10;;/h3H,1-2H2,(H,7,8)(H,9,10)(H,11,12)(H2,13,14,15);;/q;2*+1/t3-;;/m0../s1. The summed E-state index contributed by atoms with van der Waals surface area (Å²) >= 11 is 0. The van der Waals surface area contributed by atoms with E-state index in [-0.39, 0.29) is 59.1 Å². The Morgan fingerprint density at radius 3 is 1.83 bits per heavy atom. The first-order valence-electron chi connectivity index (χ1n) is 3.90. The van der Waals surface area contributed by atoms with Crippen LogP contribution in [0.15, 0.2) is 0 Å². The van der Waals surface area contributed by atoms with Crippen molar-refractivity contribution in [3.8, 4) is 0 Å². The molecule has 12 heteroatoms. The third kappa shape index (κ3) is 13.0. The van der Waals surface area contributed by atoms with E-state index in [2.05, 4.69) is 0 Å². The maximum atomic E-state index is 10.9. The van der Waals surface area contributed by atoms with Crippen LogP contribution in [0.3, 0.4) is 0 Å². The molecule has 0 aliphatic rings. The van der Waals surface area contributed by atoms with Gasteiger partial charge < -0.3 is 25.3 Å². The van der Waals surface area contributed by atoms with Gasteiger partial charge in [0.15, 0.2) is 0 Å². The van der Waals surface area contributed by atoms with Gasteiger partial charge in [-0.05, 0) is 0 Å². The molecule has 0 aromatic rings. The van der Waals surface area contributed by atoms with Gasteiger partial charge in [-0.15, -0.1) is 0 Å². The fourth-order valence-electron chi connectivity index (χ4n) is 0.802. The Hall–Kier alpha value is 0.560. The average molecular weight is 301 g/mol. The predicted octanol–water partition coefficient (Wildman–Crippen LogP) is -7.78. The summed E-state index contributed by atoms with van der Waals surface area (Å²) in [4.78, 5) is 48.4. The number of carboxylic acids is 2. The van der Waals surface area contributed by atoms with Crippen LogP contribution in [0.25, 0.3) is 0 Å². The third-order valence-electron chi connectivity index (χ3n) is 1.36. The summed E-state index contributed by atoms with van der Waals surface area (Å²) in [6.45, 7) is 0. The zero-order chi connectivity index (χ0) is 12.9. The Labute approximate surface area is 146 Å². The fraction of sp³-hybridized carbons (Fsp3) is 0.500. The van der Waals surface area contributed by atoms with Gasteiger partial charge in [0.05, 0.1) is 6.42 Å². The molecule has 0 unspecified atom stereocenters. The number of rotatable bonds is 6. The minimum Gasteiger partial charge on any atom is -0.481 e. The molecule has 0 aliphatic heterocycles. The number of hydrogen-bond donors (Lipinski definition) is 5. The van der Waals surface area contributed by atoms with Gasteiger partial charge in [0.1, 0.15) is 12.2 Å². The van der Waals surface area contributed by atoms with E-state index < -0.39 is 44.1 Å². The molecule has 1 amide bonds. The van der Waals surface area contributed by atoms with Crippen LogP contribution >= 0.6 is 7.60 Å². The van der Waals surface area contributed by atoms with Crippen molar-refractivity contribution in [3.63, 3.8) is 0 Å². The Balaban J connectivity index is -0.00000112. The number of aliphatic carboxylic acids is 2. The molecule has 0 aromatic carbocycles. The second kappa shape index (κ2) is 10.4. The van der Waals surface area contributed by atoms with Crippen LogP contribution in [-0.4, -0.2) is 50.0 Å². The first-order chi connectivity index (χ1) is 7.11. The van der Waals surface area contributed by atoms with E-state index in [1.54, 1.807) is 5.32 Å². The quantitative estimate of drug-likeness (QED) is 0.239. The van der Waals surface area contributed by atoms with Gasteiger partial charge in [-0.25, -0.2) is 4.79 Å². The Kier molecular flexibility index (Phi) is 13.6. The molecular weight excluding hydrogens is 291 g/mol. The summed E-state index contributed by atoms with van der Waals surface area (Å²) in [5.41, 5.74) is 0. The molecule has 5 N–H and O–H groups in total. The summed E-state index contributed by atoms with van der Waals surface area (Å²) in [6.07, 6.45) is -2.06. The van der Waals surface area contributed by atoms with Crippen LogP contribution in [0.4, 0.5) is 0 Å². The minimum absolute atomic E-state index is 0. The summed E-state index contributed by atoms with van der Waals surface area (Å²) in [6, 6.07) is -1.71. The first-order valence-corrected chi connectivity index (χ1v) is 5.70. The van der Waals surface area contributed by atoms with Crippen molar-refractivity contribution < 1.29 is 98.1 Å². The van der Waals surface area contributed by atoms with Gasteiger partial charge in [0.2, 0.25) is 5.91 Å². The van der Waals surface area contributed by atoms with E-state index in [0.717, 1.165) is 0 Å². The minimum atomic E-state index is -4.59. The molecule has 0 saturated carbocycles. The second-order valence-electron chi connectivity index (χ2n) is 2.88. The van der Waals surface area contributed by atoms with Crippen molar-refractivity contribution >= 4 is 25.4 Å². The Bertz CT molecular complexity index is 355. The van der Waals surface area contributed by atoms with Gasteiger partial charge in [0.25, 0.3) is 0 Å². The summed E-state index contributed by atoms with van der Waals surface area (Å²) in [5, 5.41) is 18.5. The monoisotopic (exact) mass is 301 g/mol. The Morgan fingerprint density at radius 1 is 1.11 bits per heavy atom. The molecule has 92 valence electrons. The van der Waals surface area contributed by atoms with E-state index >= 15 is 0 Å². The van der Waals surface area contributed by atoms with Crippen molar-refractivity contribution in [1.82, 2.24) is 5.32 Å². The van der Waals surface area contributed by atoms with Gasteiger partial charge >= 0.3 is 78.6 Å². The molecule has 0 aromatic heterocycles. The first kappa shape index (κ1) is 23.6. The number of hydrogen-bond acceptors (Lipinski definition) is 4. The normalized spacial score (nSPS) is 11.4. The van der Waals surface area contributed by atoms with E-state index in [4.69, 9.17) is 20.0 Å². The van der Waals surface area contributed by atoms with E-state index in [1.807, 2.05) is 0 Å². The largest absolute Gasteiger partial charge is 1.00 e. The van der Waals surface area contributed by atoms with Crippen LogP contribution in [0.2, 0.25) is 0 Å². The van der Waals surface area contributed by atoms with Crippen LogP contribution in [0.5, 0.6) is 0 Å². The number of amides is 1. The maximum absolute atomic E-state index is 10.9. The summed E-state index contributed by atoms with van der Waals surface area (Å²) in [7, 11) is -4.59. The van der Waals surface area contributed by atoms with E-state index in [1.165, 1.54) is 0 Å². The number of carboxylic acid groups (broad SMARTS) is 2. The smallest absolute Gasteiger partial charge is 0.481 e. The molecule has 0 aliphatic carbocycles. The zero-order valence-electron chi connectivity index (χ0n) is 9.86. The van der Waals surface area contributed by atoms with Crippen molar-refractivity contribution in [2.45, 2.75) is 12.5 Å². The molecule has 0 saturated heterocycles. The molecule has 9 nitrogen and oxygen atoms in total. The van der Waals surface area contributed by atoms with Gasteiger partial charge in [0, 0.05) is 0 Å². The van der Waals surface area contributed by atoms with Crippen molar-refractivity contribution in [1.29, 1.82) is 0 Å². The second-order valence-corrected chi connectivity index (χ2v) is 4.52. The molecule has 18 heavy (non-hydrogen) atoms. The third-order valence-corrected chi connectivity index (χ3v) is 2.06. The van der Waals surface area contributed by atoms with Crippen molar-refractivity contribution in [3.05, 3.63) is 0 Å². The van der Waals surface area contributed by atoms with E-state index in [9.17, 15) is 18.9 Å². The topological polar surface area (TPSA) is 161 Å². The van der Waals surface area contributed by atoms with Crippen LogP contribution < -0.4 is 64.4 Å². The molecule has 0 spiro atoms. The molecule has 0 rings (SSSR count). The SMILES string of the molecule is O=C(O)C[C@H](NC(=O)CP(=O)(O)O)C(=O)O.[Na+].[Na+]. The number of carbonyl (C=O) groups is 3. The zero-order valence-corrected chi connectivity index (χ0v) is 14.8. The van der Waals surface area contributed by atoms with Crippen LogP contribution in [0.1, 0.15) is 6.42 Å². The molecule has 0 fully saturated rings.